The molecule has 0 N–H and O–H groups in total. The molecular formula is C19H22N2O. The Morgan fingerprint density at radius 1 is 1.09 bits per heavy atom. The molecule has 0 bridgehead atoms. The van der Waals surface area contributed by atoms with Gasteiger partial charge in [0.2, 0.25) is 0 Å². The van der Waals surface area contributed by atoms with Crippen LogP contribution in [0.25, 0.3) is 11.0 Å². The normalized spacial score (nSPS) is 11.3. The van der Waals surface area contributed by atoms with E-state index >= 15 is 0 Å². The van der Waals surface area contributed by atoms with E-state index in [2.05, 4.69) is 54.6 Å². The lowest BCUT2D eigenvalue weighted by Gasteiger charge is -2.14. The molecule has 22 heavy (non-hydrogen) atoms. The van der Waals surface area contributed by atoms with Crippen LogP contribution in [0.4, 0.5) is 0 Å². The van der Waals surface area contributed by atoms with Gasteiger partial charge in [0.25, 0.3) is 0 Å². The third-order valence-corrected chi connectivity index (χ3v) is 3.84. The van der Waals surface area contributed by atoms with Crippen molar-refractivity contribution < 1.29 is 4.74 Å². The average Bonchev–Trinajstić information content (AvgIpc) is 2.91. The monoisotopic (exact) mass is 294 g/mol. The molecule has 1 heterocycles. The van der Waals surface area contributed by atoms with Crippen LogP contribution >= 0.6 is 0 Å². The standard InChI is InChI=1S/C19H22N2O/c1-14(2)12-22-19-10-6-7-16(15(19)3)11-21-13-20-17-8-4-5-9-18(17)21/h4-10,13-14H,11-12H2,1-3H3. The summed E-state index contributed by atoms with van der Waals surface area (Å²) in [5, 5.41) is 0. The summed E-state index contributed by atoms with van der Waals surface area (Å²) in [6, 6.07) is 14.5. The lowest BCUT2D eigenvalue weighted by atomic mass is 10.1. The molecule has 0 amide bonds. The van der Waals surface area contributed by atoms with E-state index in [1.54, 1.807) is 0 Å². The van der Waals surface area contributed by atoms with Crippen molar-refractivity contribution in [2.45, 2.75) is 27.3 Å². The Labute approximate surface area is 131 Å². The van der Waals surface area contributed by atoms with E-state index in [4.69, 9.17) is 4.74 Å². The SMILES string of the molecule is Cc1c(Cn2cnc3ccccc32)cccc1OCC(C)C. The molecule has 0 aliphatic carbocycles. The zero-order valence-corrected chi connectivity index (χ0v) is 13.4. The summed E-state index contributed by atoms with van der Waals surface area (Å²) < 4.78 is 8.11. The van der Waals surface area contributed by atoms with E-state index in [0.29, 0.717) is 5.92 Å². The number of rotatable bonds is 5. The fourth-order valence-corrected chi connectivity index (χ4v) is 2.56. The minimum atomic E-state index is 0.528. The highest BCUT2D eigenvalue weighted by Crippen LogP contribution is 2.24. The number of ether oxygens (including phenoxy) is 1. The molecule has 1 aromatic heterocycles. The quantitative estimate of drug-likeness (QED) is 0.696. The molecule has 0 atom stereocenters. The lowest BCUT2D eigenvalue weighted by molar-refractivity contribution is 0.269. The van der Waals surface area contributed by atoms with Crippen molar-refractivity contribution >= 4 is 11.0 Å². The summed E-state index contributed by atoms with van der Waals surface area (Å²) in [5.74, 6) is 1.51. The maximum absolute atomic E-state index is 5.92. The largest absolute Gasteiger partial charge is 0.493 e. The molecular weight excluding hydrogens is 272 g/mol. The van der Waals surface area contributed by atoms with Crippen molar-refractivity contribution in [3.63, 3.8) is 0 Å². The minimum Gasteiger partial charge on any atom is -0.493 e. The first-order chi connectivity index (χ1) is 10.6. The highest BCUT2D eigenvalue weighted by Gasteiger charge is 2.08. The molecule has 0 spiro atoms. The smallest absolute Gasteiger partial charge is 0.122 e. The van der Waals surface area contributed by atoms with Crippen LogP contribution in [0.3, 0.4) is 0 Å². The molecule has 0 aliphatic rings. The maximum Gasteiger partial charge on any atom is 0.122 e. The molecule has 0 saturated heterocycles. The number of aromatic nitrogens is 2. The second-order valence-corrected chi connectivity index (χ2v) is 6.11. The molecule has 3 rings (SSSR count). The van der Waals surface area contributed by atoms with Gasteiger partial charge in [-0.05, 0) is 42.2 Å². The second kappa shape index (κ2) is 6.22. The Morgan fingerprint density at radius 2 is 1.91 bits per heavy atom. The first-order valence-electron chi connectivity index (χ1n) is 7.76. The fourth-order valence-electron chi connectivity index (χ4n) is 2.56. The third-order valence-electron chi connectivity index (χ3n) is 3.84. The summed E-state index contributed by atoms with van der Waals surface area (Å²) >= 11 is 0. The first kappa shape index (κ1) is 14.6. The van der Waals surface area contributed by atoms with E-state index in [1.807, 2.05) is 24.5 Å². The Bertz CT molecular complexity index is 774. The van der Waals surface area contributed by atoms with Gasteiger partial charge < -0.3 is 9.30 Å². The molecule has 114 valence electrons. The molecule has 0 saturated carbocycles. The predicted molar refractivity (Wildman–Crippen MR) is 90.3 cm³/mol. The van der Waals surface area contributed by atoms with Gasteiger partial charge >= 0.3 is 0 Å². The molecule has 2 aromatic carbocycles. The van der Waals surface area contributed by atoms with E-state index in [-0.39, 0.29) is 0 Å². The van der Waals surface area contributed by atoms with Crippen LogP contribution in [-0.2, 0) is 6.54 Å². The number of fused-ring (bicyclic) bond motifs is 1. The van der Waals surface area contributed by atoms with Crippen LogP contribution in [0, 0.1) is 12.8 Å². The van der Waals surface area contributed by atoms with Crippen LogP contribution in [-0.4, -0.2) is 16.2 Å². The molecule has 0 unspecified atom stereocenters. The van der Waals surface area contributed by atoms with Crippen LogP contribution in [0.15, 0.2) is 48.8 Å². The Balaban J connectivity index is 1.87. The van der Waals surface area contributed by atoms with Gasteiger partial charge in [0, 0.05) is 6.54 Å². The van der Waals surface area contributed by atoms with Crippen LogP contribution in [0.2, 0.25) is 0 Å². The number of hydrogen-bond acceptors (Lipinski definition) is 2. The van der Waals surface area contributed by atoms with Crippen molar-refractivity contribution in [1.82, 2.24) is 9.55 Å². The van der Waals surface area contributed by atoms with Gasteiger partial charge in [0.15, 0.2) is 0 Å². The van der Waals surface area contributed by atoms with E-state index < -0.39 is 0 Å². The van der Waals surface area contributed by atoms with Crippen molar-refractivity contribution in [1.29, 1.82) is 0 Å². The highest BCUT2D eigenvalue weighted by atomic mass is 16.5. The van der Waals surface area contributed by atoms with Crippen molar-refractivity contribution in [3.05, 3.63) is 59.9 Å². The zero-order valence-electron chi connectivity index (χ0n) is 13.4. The average molecular weight is 294 g/mol. The number of benzene rings is 2. The Hall–Kier alpha value is -2.29. The van der Waals surface area contributed by atoms with Crippen molar-refractivity contribution in [3.8, 4) is 5.75 Å². The molecule has 0 radical (unpaired) electrons. The van der Waals surface area contributed by atoms with E-state index in [9.17, 15) is 0 Å². The molecule has 3 nitrogen and oxygen atoms in total. The minimum absolute atomic E-state index is 0.528. The second-order valence-electron chi connectivity index (χ2n) is 6.11. The summed E-state index contributed by atoms with van der Waals surface area (Å²) in [4.78, 5) is 4.46. The number of hydrogen-bond donors (Lipinski definition) is 0. The zero-order chi connectivity index (χ0) is 15.5. The molecule has 3 heteroatoms. The van der Waals surface area contributed by atoms with Crippen molar-refractivity contribution in [2.24, 2.45) is 5.92 Å². The molecule has 0 fully saturated rings. The first-order valence-corrected chi connectivity index (χ1v) is 7.76. The van der Waals surface area contributed by atoms with E-state index in [1.165, 1.54) is 11.1 Å². The summed E-state index contributed by atoms with van der Waals surface area (Å²) in [7, 11) is 0. The van der Waals surface area contributed by atoms with Gasteiger partial charge in [-0.3, -0.25) is 0 Å². The maximum atomic E-state index is 5.92. The van der Waals surface area contributed by atoms with E-state index in [0.717, 1.165) is 29.9 Å². The summed E-state index contributed by atoms with van der Waals surface area (Å²) in [6.45, 7) is 8.02. The highest BCUT2D eigenvalue weighted by molar-refractivity contribution is 5.75. The molecule has 3 aromatic rings. The summed E-state index contributed by atoms with van der Waals surface area (Å²) in [6.07, 6.45) is 1.91. The predicted octanol–water partition coefficient (Wildman–Crippen LogP) is 4.43. The Kier molecular flexibility index (Phi) is 4.14. The van der Waals surface area contributed by atoms with Gasteiger partial charge in [-0.1, -0.05) is 38.1 Å². The molecule has 0 aliphatic heterocycles. The number of nitrogens with zero attached hydrogens (tertiary/aromatic N) is 2. The third kappa shape index (κ3) is 2.98. The van der Waals surface area contributed by atoms with Gasteiger partial charge in [0.05, 0.1) is 24.0 Å². The van der Waals surface area contributed by atoms with Crippen molar-refractivity contribution in [2.75, 3.05) is 6.61 Å². The summed E-state index contributed by atoms with van der Waals surface area (Å²) in [5.41, 5.74) is 4.67. The van der Waals surface area contributed by atoms with Crippen LogP contribution < -0.4 is 4.74 Å². The van der Waals surface area contributed by atoms with Gasteiger partial charge in [-0.2, -0.15) is 0 Å². The van der Waals surface area contributed by atoms with Gasteiger partial charge in [-0.25, -0.2) is 4.98 Å². The van der Waals surface area contributed by atoms with Crippen LogP contribution in [0.5, 0.6) is 5.75 Å². The fraction of sp³-hybridized carbons (Fsp3) is 0.316. The number of imidazole rings is 1. The Morgan fingerprint density at radius 3 is 2.73 bits per heavy atom. The lowest BCUT2D eigenvalue weighted by Crippen LogP contribution is -2.07. The number of para-hydroxylation sites is 2. The topological polar surface area (TPSA) is 27.1 Å². The van der Waals surface area contributed by atoms with Crippen LogP contribution in [0.1, 0.15) is 25.0 Å². The van der Waals surface area contributed by atoms with Gasteiger partial charge in [-0.15, -0.1) is 0 Å². The van der Waals surface area contributed by atoms with Gasteiger partial charge in [0.1, 0.15) is 5.75 Å².